The number of rotatable bonds is 6. The third kappa shape index (κ3) is 4.94. The third-order valence-electron chi connectivity index (χ3n) is 4.83. The van der Waals surface area contributed by atoms with E-state index in [1.54, 1.807) is 12.1 Å². The summed E-state index contributed by atoms with van der Waals surface area (Å²) in [6, 6.07) is 10.8. The average molecular weight is 408 g/mol. The second kappa shape index (κ2) is 8.79. The van der Waals surface area contributed by atoms with Crippen LogP contribution in [0.25, 0.3) is 0 Å². The third-order valence-corrected chi connectivity index (χ3v) is 6.71. The number of sulfonamides is 1. The first-order valence-corrected chi connectivity index (χ1v) is 10.6. The molecule has 0 aromatic heterocycles. The molecule has 1 saturated heterocycles. The Balaban J connectivity index is 1.57. The van der Waals surface area contributed by atoms with Gasteiger partial charge >= 0.3 is 0 Å². The molecule has 2 aromatic rings. The Labute approximate surface area is 163 Å². The molecule has 0 saturated carbocycles. The molecule has 1 amide bonds. The molecule has 5 nitrogen and oxygen atoms in total. The smallest absolute Gasteiger partial charge is 0.243 e. The van der Waals surface area contributed by atoms with Crippen LogP contribution in [0.4, 0.5) is 8.78 Å². The van der Waals surface area contributed by atoms with Crippen molar-refractivity contribution in [1.29, 1.82) is 0 Å². The molecule has 0 spiro atoms. The molecule has 0 radical (unpaired) electrons. The number of carbonyl (C=O) groups excluding carboxylic acids is 1. The van der Waals surface area contributed by atoms with Crippen molar-refractivity contribution in [2.75, 3.05) is 19.6 Å². The first kappa shape index (κ1) is 20.4. The van der Waals surface area contributed by atoms with E-state index in [0.29, 0.717) is 32.4 Å². The number of carbonyl (C=O) groups is 1. The van der Waals surface area contributed by atoms with Gasteiger partial charge in [0.1, 0.15) is 11.6 Å². The van der Waals surface area contributed by atoms with Crippen LogP contribution in [0.2, 0.25) is 0 Å². The lowest BCUT2D eigenvalue weighted by atomic mass is 9.99. The fraction of sp³-hybridized carbons (Fsp3) is 0.350. The minimum atomic E-state index is -3.76. The largest absolute Gasteiger partial charge is 0.355 e. The highest BCUT2D eigenvalue weighted by Gasteiger charge is 2.33. The molecule has 1 heterocycles. The van der Waals surface area contributed by atoms with Gasteiger partial charge in [-0.25, -0.2) is 17.2 Å². The van der Waals surface area contributed by atoms with Gasteiger partial charge in [0.15, 0.2) is 0 Å². The fourth-order valence-electron chi connectivity index (χ4n) is 3.26. The number of piperidine rings is 1. The highest BCUT2D eigenvalue weighted by atomic mass is 32.2. The van der Waals surface area contributed by atoms with Crippen molar-refractivity contribution in [2.45, 2.75) is 24.2 Å². The number of nitrogens with zero attached hydrogens (tertiary/aromatic N) is 1. The average Bonchev–Trinajstić information content (AvgIpc) is 2.70. The molecule has 3 rings (SSSR count). The first-order chi connectivity index (χ1) is 13.4. The van der Waals surface area contributed by atoms with E-state index in [-0.39, 0.29) is 23.2 Å². The van der Waals surface area contributed by atoms with Crippen LogP contribution in [0.5, 0.6) is 0 Å². The molecule has 8 heteroatoms. The van der Waals surface area contributed by atoms with Crippen LogP contribution < -0.4 is 5.32 Å². The molecule has 1 unspecified atom stereocenters. The molecule has 150 valence electrons. The van der Waals surface area contributed by atoms with Gasteiger partial charge < -0.3 is 5.32 Å². The van der Waals surface area contributed by atoms with Gasteiger partial charge in [0.2, 0.25) is 15.9 Å². The van der Waals surface area contributed by atoms with Crippen LogP contribution in [-0.2, 0) is 21.2 Å². The monoisotopic (exact) mass is 408 g/mol. The maximum atomic E-state index is 13.1. The Bertz CT molecular complexity index is 915. The van der Waals surface area contributed by atoms with Gasteiger partial charge in [-0.15, -0.1) is 0 Å². The van der Waals surface area contributed by atoms with E-state index in [0.717, 1.165) is 17.7 Å². The van der Waals surface area contributed by atoms with Crippen molar-refractivity contribution in [3.8, 4) is 0 Å². The van der Waals surface area contributed by atoms with E-state index in [1.807, 2.05) is 0 Å². The van der Waals surface area contributed by atoms with E-state index >= 15 is 0 Å². The molecule has 2 aromatic carbocycles. The zero-order chi connectivity index (χ0) is 20.1. The number of nitrogens with one attached hydrogen (secondary N) is 1. The standard InChI is InChI=1S/C20H22F2N2O3S/c21-17-5-3-15(4-6-17)11-12-23-20(25)16-2-1-13-24(14-16)28(26,27)19-9-7-18(22)8-10-19/h3-10,16H,1-2,11-14H2,(H,23,25). The SMILES string of the molecule is O=C(NCCc1ccc(F)cc1)C1CCCN(S(=O)(=O)c2ccc(F)cc2)C1. The number of hydrogen-bond donors (Lipinski definition) is 1. The summed E-state index contributed by atoms with van der Waals surface area (Å²) < 4.78 is 52.7. The molecular weight excluding hydrogens is 386 g/mol. The molecule has 1 aliphatic rings. The molecule has 28 heavy (non-hydrogen) atoms. The highest BCUT2D eigenvalue weighted by molar-refractivity contribution is 7.89. The summed E-state index contributed by atoms with van der Waals surface area (Å²) in [7, 11) is -3.76. The van der Waals surface area contributed by atoms with Crippen molar-refractivity contribution >= 4 is 15.9 Å². The van der Waals surface area contributed by atoms with Gasteiger partial charge in [-0.2, -0.15) is 4.31 Å². The molecule has 0 aliphatic carbocycles. The predicted molar refractivity (Wildman–Crippen MR) is 101 cm³/mol. The minimum Gasteiger partial charge on any atom is -0.355 e. The van der Waals surface area contributed by atoms with E-state index in [2.05, 4.69) is 5.32 Å². The lowest BCUT2D eigenvalue weighted by molar-refractivity contribution is -0.126. The van der Waals surface area contributed by atoms with Gasteiger partial charge in [-0.05, 0) is 61.2 Å². The molecule has 0 bridgehead atoms. The number of amides is 1. The Morgan fingerprint density at radius 2 is 1.64 bits per heavy atom. The molecular formula is C20H22F2N2O3S. The Morgan fingerprint density at radius 1 is 1.04 bits per heavy atom. The van der Waals surface area contributed by atoms with Crippen molar-refractivity contribution in [3.63, 3.8) is 0 Å². The summed E-state index contributed by atoms with van der Waals surface area (Å²) in [5.41, 5.74) is 0.908. The maximum Gasteiger partial charge on any atom is 0.243 e. The van der Waals surface area contributed by atoms with Crippen molar-refractivity contribution in [2.24, 2.45) is 5.92 Å². The summed E-state index contributed by atoms with van der Waals surface area (Å²) in [6.45, 7) is 0.826. The van der Waals surface area contributed by atoms with Crippen molar-refractivity contribution < 1.29 is 22.0 Å². The predicted octanol–water partition coefficient (Wildman–Crippen LogP) is 2.72. The lowest BCUT2D eigenvalue weighted by Gasteiger charge is -2.31. The molecule has 1 atom stereocenters. The molecule has 1 aliphatic heterocycles. The Hall–Kier alpha value is -2.32. The van der Waals surface area contributed by atoms with Crippen LogP contribution in [0.1, 0.15) is 18.4 Å². The molecule has 1 N–H and O–H groups in total. The van der Waals surface area contributed by atoms with Gasteiger partial charge in [0.05, 0.1) is 10.8 Å². The van der Waals surface area contributed by atoms with E-state index < -0.39 is 21.8 Å². The van der Waals surface area contributed by atoms with Crippen LogP contribution in [0, 0.1) is 17.6 Å². The number of benzene rings is 2. The van der Waals surface area contributed by atoms with E-state index in [9.17, 15) is 22.0 Å². The zero-order valence-corrected chi connectivity index (χ0v) is 16.1. The van der Waals surface area contributed by atoms with Gasteiger partial charge in [0.25, 0.3) is 0 Å². The minimum absolute atomic E-state index is 0.0197. The van der Waals surface area contributed by atoms with E-state index in [1.165, 1.54) is 28.6 Å². The van der Waals surface area contributed by atoms with Crippen LogP contribution in [0.3, 0.4) is 0 Å². The van der Waals surface area contributed by atoms with Gasteiger partial charge in [0, 0.05) is 19.6 Å². The number of hydrogen-bond acceptors (Lipinski definition) is 3. The summed E-state index contributed by atoms with van der Waals surface area (Å²) in [4.78, 5) is 12.5. The highest BCUT2D eigenvalue weighted by Crippen LogP contribution is 2.24. The topological polar surface area (TPSA) is 66.5 Å². The summed E-state index contributed by atoms with van der Waals surface area (Å²) in [5, 5.41) is 2.83. The van der Waals surface area contributed by atoms with Gasteiger partial charge in [-0.3, -0.25) is 4.79 Å². The number of halogens is 2. The van der Waals surface area contributed by atoms with Crippen LogP contribution >= 0.6 is 0 Å². The quantitative estimate of drug-likeness (QED) is 0.799. The Morgan fingerprint density at radius 3 is 2.29 bits per heavy atom. The summed E-state index contributed by atoms with van der Waals surface area (Å²) in [6.07, 6.45) is 1.75. The van der Waals surface area contributed by atoms with Crippen molar-refractivity contribution in [3.05, 3.63) is 65.7 Å². The normalized spacial score (nSPS) is 18.0. The first-order valence-electron chi connectivity index (χ1n) is 9.14. The lowest BCUT2D eigenvalue weighted by Crippen LogP contribution is -2.45. The van der Waals surface area contributed by atoms with Crippen molar-refractivity contribution in [1.82, 2.24) is 9.62 Å². The fourth-order valence-corrected chi connectivity index (χ4v) is 4.78. The molecule has 1 fully saturated rings. The van der Waals surface area contributed by atoms with Crippen LogP contribution in [0.15, 0.2) is 53.4 Å². The van der Waals surface area contributed by atoms with Crippen LogP contribution in [-0.4, -0.2) is 38.3 Å². The summed E-state index contributed by atoms with van der Waals surface area (Å²) >= 11 is 0. The van der Waals surface area contributed by atoms with Gasteiger partial charge in [-0.1, -0.05) is 12.1 Å². The second-order valence-corrected chi connectivity index (χ2v) is 8.76. The van der Waals surface area contributed by atoms with E-state index in [4.69, 9.17) is 0 Å². The maximum absolute atomic E-state index is 13.1. The zero-order valence-electron chi connectivity index (χ0n) is 15.3. The summed E-state index contributed by atoms with van der Waals surface area (Å²) in [5.74, 6) is -1.44. The Kier molecular flexibility index (Phi) is 6.41. The second-order valence-electron chi connectivity index (χ2n) is 6.82.